The molecular formula is C25H23FN2O5S. The zero-order valence-corrected chi connectivity index (χ0v) is 19.9. The minimum absolute atomic E-state index is 0.278. The molecule has 34 heavy (non-hydrogen) atoms. The van der Waals surface area contributed by atoms with Crippen molar-refractivity contribution in [2.75, 3.05) is 28.4 Å². The monoisotopic (exact) mass is 482 g/mol. The summed E-state index contributed by atoms with van der Waals surface area (Å²) in [7, 11) is 6.05. The van der Waals surface area contributed by atoms with Crippen molar-refractivity contribution >= 4 is 22.7 Å². The van der Waals surface area contributed by atoms with Crippen molar-refractivity contribution in [1.29, 1.82) is 0 Å². The highest BCUT2D eigenvalue weighted by Gasteiger charge is 2.23. The Hall–Kier alpha value is -3.72. The molecule has 7 nitrogen and oxygen atoms in total. The van der Waals surface area contributed by atoms with Gasteiger partial charge in [-0.25, -0.2) is 9.37 Å². The summed E-state index contributed by atoms with van der Waals surface area (Å²) in [4.78, 5) is 18.5. The molecule has 0 saturated carbocycles. The highest BCUT2D eigenvalue weighted by atomic mass is 32.2. The van der Waals surface area contributed by atoms with Crippen LogP contribution < -0.4 is 24.5 Å². The number of benzene rings is 3. The number of hydrogen-bond acceptors (Lipinski definition) is 7. The van der Waals surface area contributed by atoms with Crippen molar-refractivity contribution in [3.8, 4) is 28.7 Å². The van der Waals surface area contributed by atoms with Gasteiger partial charge in [0.1, 0.15) is 17.1 Å². The highest BCUT2D eigenvalue weighted by molar-refractivity contribution is 7.98. The maximum atomic E-state index is 13.7. The molecule has 0 unspecified atom stereocenters. The second kappa shape index (κ2) is 10.0. The fourth-order valence-corrected chi connectivity index (χ4v) is 4.64. The van der Waals surface area contributed by atoms with E-state index in [9.17, 15) is 9.18 Å². The van der Waals surface area contributed by atoms with Crippen molar-refractivity contribution in [3.05, 3.63) is 76.3 Å². The topological polar surface area (TPSA) is 71.8 Å². The Balaban J connectivity index is 1.96. The van der Waals surface area contributed by atoms with E-state index in [2.05, 4.69) is 0 Å². The van der Waals surface area contributed by atoms with Gasteiger partial charge in [-0.3, -0.25) is 9.36 Å². The second-order valence-electron chi connectivity index (χ2n) is 7.15. The summed E-state index contributed by atoms with van der Waals surface area (Å²) in [5.74, 6) is 1.78. The number of ether oxygens (including phenoxy) is 4. The first-order valence-corrected chi connectivity index (χ1v) is 11.3. The largest absolute Gasteiger partial charge is 0.496 e. The van der Waals surface area contributed by atoms with Crippen molar-refractivity contribution in [1.82, 2.24) is 9.55 Å². The molecule has 0 N–H and O–H groups in total. The molecular weight excluding hydrogens is 459 g/mol. The molecule has 9 heteroatoms. The molecule has 0 aliphatic heterocycles. The molecule has 0 fully saturated rings. The Bertz CT molecular complexity index is 1390. The number of aromatic nitrogens is 2. The number of rotatable bonds is 8. The van der Waals surface area contributed by atoms with Crippen LogP contribution in [0.1, 0.15) is 5.56 Å². The van der Waals surface area contributed by atoms with Crippen LogP contribution >= 0.6 is 11.8 Å². The average molecular weight is 483 g/mol. The minimum atomic E-state index is -0.401. The number of thioether (sulfide) groups is 1. The maximum absolute atomic E-state index is 13.7. The molecule has 0 aliphatic carbocycles. The second-order valence-corrected chi connectivity index (χ2v) is 8.10. The Morgan fingerprint density at radius 3 is 2.21 bits per heavy atom. The normalized spacial score (nSPS) is 10.9. The van der Waals surface area contributed by atoms with Crippen molar-refractivity contribution in [2.45, 2.75) is 10.9 Å². The zero-order valence-electron chi connectivity index (χ0n) is 19.1. The van der Waals surface area contributed by atoms with Crippen molar-refractivity contribution in [2.24, 2.45) is 0 Å². The van der Waals surface area contributed by atoms with Gasteiger partial charge < -0.3 is 18.9 Å². The Morgan fingerprint density at radius 2 is 1.56 bits per heavy atom. The lowest BCUT2D eigenvalue weighted by atomic mass is 10.2. The lowest BCUT2D eigenvalue weighted by molar-refractivity contribution is 0.326. The fourth-order valence-electron chi connectivity index (χ4n) is 3.65. The molecule has 3 aromatic carbocycles. The van der Waals surface area contributed by atoms with Gasteiger partial charge in [0.15, 0.2) is 16.7 Å². The summed E-state index contributed by atoms with van der Waals surface area (Å²) in [5, 5.41) is 0.681. The van der Waals surface area contributed by atoms with Crippen LogP contribution in [-0.2, 0) is 5.75 Å². The molecule has 4 aromatic rings. The first-order chi connectivity index (χ1) is 16.5. The van der Waals surface area contributed by atoms with E-state index < -0.39 is 5.82 Å². The molecule has 1 heterocycles. The minimum Gasteiger partial charge on any atom is -0.496 e. The molecule has 0 aliphatic rings. The van der Waals surface area contributed by atoms with Gasteiger partial charge in [-0.15, -0.1) is 0 Å². The highest BCUT2D eigenvalue weighted by Crippen LogP contribution is 2.42. The lowest BCUT2D eigenvalue weighted by Gasteiger charge is -2.17. The third kappa shape index (κ3) is 4.26. The van der Waals surface area contributed by atoms with Gasteiger partial charge in [-0.1, -0.05) is 30.0 Å². The third-order valence-corrected chi connectivity index (χ3v) is 6.26. The van der Waals surface area contributed by atoms with E-state index in [1.54, 1.807) is 13.2 Å². The SMILES string of the molecule is COc1ccccc1CSc1nc2c(OC)c(OC)c(OC)cc2c(=O)n1-c1ccc(F)cc1. The number of halogens is 1. The summed E-state index contributed by atoms with van der Waals surface area (Å²) in [6.45, 7) is 0. The Morgan fingerprint density at radius 1 is 0.882 bits per heavy atom. The third-order valence-electron chi connectivity index (χ3n) is 5.27. The fraction of sp³-hybridized carbons (Fsp3) is 0.200. The number of fused-ring (bicyclic) bond motifs is 1. The molecule has 176 valence electrons. The van der Waals surface area contributed by atoms with Crippen LogP contribution in [0.15, 0.2) is 64.5 Å². The summed E-state index contributed by atoms with van der Waals surface area (Å²) in [6.07, 6.45) is 0. The molecule has 0 saturated heterocycles. The summed E-state index contributed by atoms with van der Waals surface area (Å²) in [6, 6.07) is 14.9. The van der Waals surface area contributed by atoms with E-state index in [0.29, 0.717) is 39.4 Å². The molecule has 0 atom stereocenters. The van der Waals surface area contributed by atoms with Gasteiger partial charge >= 0.3 is 0 Å². The van der Waals surface area contributed by atoms with Crippen molar-refractivity contribution < 1.29 is 23.3 Å². The van der Waals surface area contributed by atoms with E-state index in [1.165, 1.54) is 61.9 Å². The Kier molecular flexibility index (Phi) is 6.93. The van der Waals surface area contributed by atoms with Gasteiger partial charge in [-0.2, -0.15) is 0 Å². The molecule has 0 radical (unpaired) electrons. The number of para-hydroxylation sites is 1. The summed E-state index contributed by atoms with van der Waals surface area (Å²) in [5.41, 5.74) is 1.41. The first-order valence-electron chi connectivity index (χ1n) is 10.3. The van der Waals surface area contributed by atoms with Crippen molar-refractivity contribution in [3.63, 3.8) is 0 Å². The number of hydrogen-bond donors (Lipinski definition) is 0. The number of nitrogens with zero attached hydrogens (tertiary/aromatic N) is 2. The van der Waals surface area contributed by atoms with E-state index in [-0.39, 0.29) is 10.9 Å². The van der Waals surface area contributed by atoms with Crippen LogP contribution in [0.3, 0.4) is 0 Å². The van der Waals surface area contributed by atoms with Crippen LogP contribution in [-0.4, -0.2) is 38.0 Å². The standard InChI is InChI=1S/C25H23FN2O5S/c1-30-19-8-6-5-7-15(19)14-34-25-27-21-18(13-20(31-2)22(32-3)23(21)33-4)24(29)28(25)17-11-9-16(26)10-12-17/h5-13H,14H2,1-4H3. The lowest BCUT2D eigenvalue weighted by Crippen LogP contribution is -2.22. The van der Waals surface area contributed by atoms with Gasteiger partial charge in [0, 0.05) is 11.3 Å². The van der Waals surface area contributed by atoms with E-state index in [0.717, 1.165) is 11.3 Å². The average Bonchev–Trinajstić information content (AvgIpc) is 2.87. The molecule has 0 amide bonds. The predicted molar refractivity (Wildman–Crippen MR) is 130 cm³/mol. The van der Waals surface area contributed by atoms with Gasteiger partial charge in [0.05, 0.1) is 39.5 Å². The molecule has 0 spiro atoms. The van der Waals surface area contributed by atoms with Crippen LogP contribution in [0.4, 0.5) is 4.39 Å². The van der Waals surface area contributed by atoms with Crippen LogP contribution in [0, 0.1) is 5.82 Å². The van der Waals surface area contributed by atoms with Gasteiger partial charge in [0.25, 0.3) is 5.56 Å². The zero-order chi connectivity index (χ0) is 24.2. The predicted octanol–water partition coefficient (Wildman–Crippen LogP) is 4.85. The van der Waals surface area contributed by atoms with Gasteiger partial charge in [0.2, 0.25) is 5.75 Å². The van der Waals surface area contributed by atoms with Crippen LogP contribution in [0.5, 0.6) is 23.0 Å². The summed E-state index contributed by atoms with van der Waals surface area (Å²) >= 11 is 1.35. The van der Waals surface area contributed by atoms with E-state index in [4.69, 9.17) is 23.9 Å². The van der Waals surface area contributed by atoms with Crippen LogP contribution in [0.2, 0.25) is 0 Å². The van der Waals surface area contributed by atoms with Crippen LogP contribution in [0.25, 0.3) is 16.6 Å². The first kappa shape index (κ1) is 23.4. The number of methoxy groups -OCH3 is 4. The molecule has 1 aromatic heterocycles. The maximum Gasteiger partial charge on any atom is 0.266 e. The quantitative estimate of drug-likeness (QED) is 0.263. The van der Waals surface area contributed by atoms with E-state index in [1.807, 2.05) is 24.3 Å². The van der Waals surface area contributed by atoms with Gasteiger partial charge in [-0.05, 0) is 36.4 Å². The summed E-state index contributed by atoms with van der Waals surface area (Å²) < 4.78 is 37.0. The molecule has 0 bridgehead atoms. The van der Waals surface area contributed by atoms with E-state index >= 15 is 0 Å². The molecule has 4 rings (SSSR count). The Labute approximate surface area is 200 Å². The smallest absolute Gasteiger partial charge is 0.266 e.